The first-order valence-corrected chi connectivity index (χ1v) is 5.25. The number of oxime groups is 1. The van der Waals surface area contributed by atoms with Crippen LogP contribution >= 0.6 is 23.1 Å². The predicted octanol–water partition coefficient (Wildman–Crippen LogP) is 2.29. The van der Waals surface area contributed by atoms with Gasteiger partial charge in [0.25, 0.3) is 0 Å². The summed E-state index contributed by atoms with van der Waals surface area (Å²) in [6, 6.07) is 1.92. The number of thiophene rings is 1. The van der Waals surface area contributed by atoms with Crippen LogP contribution in [0.5, 0.6) is 5.06 Å². The van der Waals surface area contributed by atoms with Crippen LogP contribution in [0.25, 0.3) is 0 Å². The van der Waals surface area contributed by atoms with Gasteiger partial charge < -0.3 is 9.94 Å². The lowest BCUT2D eigenvalue weighted by Gasteiger charge is -1.93. The van der Waals surface area contributed by atoms with Crippen LogP contribution in [0.15, 0.2) is 15.4 Å². The third-order valence-electron chi connectivity index (χ3n) is 1.29. The summed E-state index contributed by atoms with van der Waals surface area (Å²) in [5.41, 5.74) is 0.814. The average molecular weight is 203 g/mol. The Kier molecular flexibility index (Phi) is 3.43. The Hall–Kier alpha value is -0.680. The van der Waals surface area contributed by atoms with E-state index in [4.69, 9.17) is 9.94 Å². The first-order chi connectivity index (χ1) is 5.81. The van der Waals surface area contributed by atoms with Gasteiger partial charge in [-0.2, -0.15) is 0 Å². The summed E-state index contributed by atoms with van der Waals surface area (Å²) in [6.45, 7) is 0. The smallest absolute Gasteiger partial charge is 0.183 e. The molecule has 1 heterocycles. The Labute approximate surface area is 79.0 Å². The van der Waals surface area contributed by atoms with Gasteiger partial charge in [-0.1, -0.05) is 16.5 Å². The highest BCUT2D eigenvalue weighted by Gasteiger charge is 2.06. The second kappa shape index (κ2) is 4.37. The highest BCUT2D eigenvalue weighted by Crippen LogP contribution is 2.34. The second-order valence-electron chi connectivity index (χ2n) is 1.96. The molecule has 0 saturated carbocycles. The Morgan fingerprint density at radius 2 is 2.50 bits per heavy atom. The minimum Gasteiger partial charge on any atom is -0.487 e. The largest absolute Gasteiger partial charge is 0.487 e. The summed E-state index contributed by atoms with van der Waals surface area (Å²) >= 11 is 3.18. The molecule has 66 valence electrons. The molecular weight excluding hydrogens is 194 g/mol. The predicted molar refractivity (Wildman–Crippen MR) is 52.0 cm³/mol. The van der Waals surface area contributed by atoms with Crippen LogP contribution < -0.4 is 4.74 Å². The lowest BCUT2D eigenvalue weighted by molar-refractivity contribution is 0.321. The number of thioether (sulfide) groups is 1. The van der Waals surface area contributed by atoms with Gasteiger partial charge in [-0.15, -0.1) is 11.8 Å². The molecule has 0 amide bonds. The van der Waals surface area contributed by atoms with Crippen LogP contribution in [-0.2, 0) is 0 Å². The summed E-state index contributed by atoms with van der Waals surface area (Å²) in [5, 5.41) is 12.1. The molecule has 5 heteroatoms. The number of methoxy groups -OCH3 is 1. The van der Waals surface area contributed by atoms with Gasteiger partial charge in [0.15, 0.2) is 5.06 Å². The van der Waals surface area contributed by atoms with Gasteiger partial charge in [0.1, 0.15) is 0 Å². The van der Waals surface area contributed by atoms with E-state index in [9.17, 15) is 0 Å². The molecule has 0 unspecified atom stereocenters. The minimum absolute atomic E-state index is 0.775. The van der Waals surface area contributed by atoms with E-state index in [2.05, 4.69) is 5.16 Å². The molecule has 0 radical (unpaired) electrons. The molecule has 0 aliphatic heterocycles. The highest BCUT2D eigenvalue weighted by atomic mass is 32.2. The van der Waals surface area contributed by atoms with Crippen molar-refractivity contribution in [3.63, 3.8) is 0 Å². The molecule has 0 spiro atoms. The molecule has 0 saturated heterocycles. The SMILES string of the molecule is COc1sc(SC)cc1/C=N/O. The fraction of sp³-hybridized carbons (Fsp3) is 0.286. The monoisotopic (exact) mass is 203 g/mol. The maximum Gasteiger partial charge on any atom is 0.183 e. The van der Waals surface area contributed by atoms with Crippen LogP contribution in [-0.4, -0.2) is 24.8 Å². The number of nitrogens with zero attached hydrogens (tertiary/aromatic N) is 1. The van der Waals surface area contributed by atoms with E-state index < -0.39 is 0 Å². The van der Waals surface area contributed by atoms with Gasteiger partial charge in [0, 0.05) is 0 Å². The summed E-state index contributed by atoms with van der Waals surface area (Å²) in [6.07, 6.45) is 3.36. The lowest BCUT2D eigenvalue weighted by Crippen LogP contribution is -1.83. The number of rotatable bonds is 3. The maximum absolute atomic E-state index is 8.33. The molecule has 1 N–H and O–H groups in total. The highest BCUT2D eigenvalue weighted by molar-refractivity contribution is 8.00. The van der Waals surface area contributed by atoms with Crippen molar-refractivity contribution >= 4 is 29.3 Å². The fourth-order valence-electron chi connectivity index (χ4n) is 0.778. The zero-order valence-corrected chi connectivity index (χ0v) is 8.41. The molecule has 0 fully saturated rings. The van der Waals surface area contributed by atoms with Crippen molar-refractivity contribution < 1.29 is 9.94 Å². The summed E-state index contributed by atoms with van der Waals surface area (Å²) in [5.74, 6) is 0. The van der Waals surface area contributed by atoms with E-state index in [1.807, 2.05) is 12.3 Å². The van der Waals surface area contributed by atoms with Gasteiger partial charge in [-0.3, -0.25) is 0 Å². The van der Waals surface area contributed by atoms with E-state index in [0.29, 0.717) is 0 Å². The standard InChI is InChI=1S/C7H9NO2S2/c1-10-7-5(4-8-9)3-6(11-2)12-7/h3-4,9H,1-2H3/b8-4+. The van der Waals surface area contributed by atoms with Gasteiger partial charge in [0.2, 0.25) is 0 Å². The number of hydrogen-bond acceptors (Lipinski definition) is 5. The molecule has 0 aromatic carbocycles. The maximum atomic E-state index is 8.33. The Bertz CT molecular complexity index is 283. The van der Waals surface area contributed by atoms with Crippen LogP contribution in [0.2, 0.25) is 0 Å². The van der Waals surface area contributed by atoms with Crippen molar-refractivity contribution in [2.75, 3.05) is 13.4 Å². The van der Waals surface area contributed by atoms with E-state index in [-0.39, 0.29) is 0 Å². The van der Waals surface area contributed by atoms with Crippen LogP contribution in [0.4, 0.5) is 0 Å². The third-order valence-corrected chi connectivity index (χ3v) is 3.46. The Morgan fingerprint density at radius 1 is 1.75 bits per heavy atom. The minimum atomic E-state index is 0.775. The molecule has 0 bridgehead atoms. The van der Waals surface area contributed by atoms with Crippen molar-refractivity contribution in [1.29, 1.82) is 0 Å². The van der Waals surface area contributed by atoms with Crippen molar-refractivity contribution in [3.05, 3.63) is 11.6 Å². The summed E-state index contributed by atoms with van der Waals surface area (Å²) in [4.78, 5) is 0. The molecule has 1 aromatic rings. The van der Waals surface area contributed by atoms with E-state index in [0.717, 1.165) is 14.8 Å². The lowest BCUT2D eigenvalue weighted by atomic mass is 10.4. The quantitative estimate of drug-likeness (QED) is 0.355. The Balaban J connectivity index is 2.99. The van der Waals surface area contributed by atoms with Crippen LogP contribution in [0, 0.1) is 0 Å². The molecule has 0 atom stereocenters. The Morgan fingerprint density at radius 3 is 3.00 bits per heavy atom. The van der Waals surface area contributed by atoms with Gasteiger partial charge in [-0.05, 0) is 12.3 Å². The topological polar surface area (TPSA) is 41.8 Å². The summed E-state index contributed by atoms with van der Waals surface area (Å²) in [7, 11) is 1.60. The van der Waals surface area contributed by atoms with E-state index in [1.54, 1.807) is 18.9 Å². The molecule has 0 aliphatic carbocycles. The van der Waals surface area contributed by atoms with Crippen molar-refractivity contribution in [1.82, 2.24) is 0 Å². The van der Waals surface area contributed by atoms with Gasteiger partial charge >= 0.3 is 0 Å². The third kappa shape index (κ3) is 1.92. The first-order valence-electron chi connectivity index (χ1n) is 3.21. The van der Waals surface area contributed by atoms with Crippen molar-refractivity contribution in [2.24, 2.45) is 5.16 Å². The number of hydrogen-bond donors (Lipinski definition) is 1. The summed E-state index contributed by atoms with van der Waals surface area (Å²) < 4.78 is 6.22. The molecule has 12 heavy (non-hydrogen) atoms. The zero-order chi connectivity index (χ0) is 8.97. The van der Waals surface area contributed by atoms with E-state index in [1.165, 1.54) is 17.6 Å². The zero-order valence-electron chi connectivity index (χ0n) is 6.77. The average Bonchev–Trinajstić information content (AvgIpc) is 2.48. The second-order valence-corrected chi connectivity index (χ2v) is 4.08. The number of ether oxygens (including phenoxy) is 1. The molecule has 0 aliphatic rings. The van der Waals surface area contributed by atoms with Gasteiger partial charge in [0.05, 0.1) is 23.1 Å². The van der Waals surface area contributed by atoms with Crippen molar-refractivity contribution in [3.8, 4) is 5.06 Å². The normalized spacial score (nSPS) is 10.8. The van der Waals surface area contributed by atoms with E-state index >= 15 is 0 Å². The first kappa shape index (κ1) is 9.41. The van der Waals surface area contributed by atoms with Crippen LogP contribution in [0.1, 0.15) is 5.56 Å². The van der Waals surface area contributed by atoms with Gasteiger partial charge in [-0.25, -0.2) is 0 Å². The molecule has 3 nitrogen and oxygen atoms in total. The van der Waals surface area contributed by atoms with Crippen LogP contribution in [0.3, 0.4) is 0 Å². The van der Waals surface area contributed by atoms with Crippen molar-refractivity contribution in [2.45, 2.75) is 4.21 Å². The molecular formula is C7H9NO2S2. The molecule has 1 rings (SSSR count). The molecule has 1 aromatic heterocycles. The fourth-order valence-corrected chi connectivity index (χ4v) is 2.26.